The lowest BCUT2D eigenvalue weighted by Crippen LogP contribution is -2.14. The third-order valence-electron chi connectivity index (χ3n) is 4.52. The van der Waals surface area contributed by atoms with Crippen molar-refractivity contribution in [3.63, 3.8) is 0 Å². The maximum absolute atomic E-state index is 11.0. The minimum absolute atomic E-state index is 0.0248. The second kappa shape index (κ2) is 12.5. The fourth-order valence-corrected chi connectivity index (χ4v) is 3.39. The zero-order valence-corrected chi connectivity index (χ0v) is 17.4. The molecule has 1 aliphatic rings. The monoisotopic (exact) mass is 406 g/mol. The van der Waals surface area contributed by atoms with E-state index in [1.807, 2.05) is 19.9 Å². The van der Waals surface area contributed by atoms with Gasteiger partial charge in [0, 0.05) is 11.5 Å². The Morgan fingerprint density at radius 2 is 1.72 bits per heavy atom. The molecule has 8 nitrogen and oxygen atoms in total. The molecule has 0 radical (unpaired) electrons. The number of nitrogens with zero attached hydrogens (tertiary/aromatic N) is 2. The van der Waals surface area contributed by atoms with Gasteiger partial charge in [0.05, 0.1) is 0 Å². The van der Waals surface area contributed by atoms with Crippen molar-refractivity contribution in [3.05, 3.63) is 67.8 Å². The van der Waals surface area contributed by atoms with Crippen molar-refractivity contribution in [1.82, 2.24) is 0 Å². The lowest BCUT2D eigenvalue weighted by atomic mass is 9.84. The Kier molecular flexibility index (Phi) is 10.4. The molecule has 0 spiro atoms. The Morgan fingerprint density at radius 1 is 1.17 bits per heavy atom. The SMILES string of the molecule is C=CC.CCCCCc1cc(O[N+](=O)[O-])c(C2C=C(C)CCC2)c(O[N+](=O)[O-])c1. The maximum atomic E-state index is 11.0. The highest BCUT2D eigenvalue weighted by atomic mass is 17.0. The van der Waals surface area contributed by atoms with Gasteiger partial charge in [-0.05, 0) is 63.6 Å². The Morgan fingerprint density at radius 3 is 2.17 bits per heavy atom. The van der Waals surface area contributed by atoms with Crippen LogP contribution < -0.4 is 9.68 Å². The van der Waals surface area contributed by atoms with Crippen LogP contribution in [0.15, 0.2) is 36.4 Å². The van der Waals surface area contributed by atoms with Gasteiger partial charge in [0.25, 0.3) is 10.2 Å². The van der Waals surface area contributed by atoms with Gasteiger partial charge in [-0.2, -0.15) is 0 Å². The van der Waals surface area contributed by atoms with E-state index in [9.17, 15) is 20.2 Å². The minimum atomic E-state index is -0.885. The first kappa shape index (κ1) is 24.1. The summed E-state index contributed by atoms with van der Waals surface area (Å²) in [5, 5.41) is 20.2. The van der Waals surface area contributed by atoms with Gasteiger partial charge in [-0.3, -0.25) is 9.68 Å². The summed E-state index contributed by atoms with van der Waals surface area (Å²) in [6, 6.07) is 3.22. The number of hydrogen-bond donors (Lipinski definition) is 0. The van der Waals surface area contributed by atoms with Crippen molar-refractivity contribution in [2.45, 2.75) is 71.6 Å². The first-order valence-corrected chi connectivity index (χ1v) is 9.88. The van der Waals surface area contributed by atoms with Crippen LogP contribution in [0.1, 0.15) is 76.3 Å². The lowest BCUT2D eigenvalue weighted by Gasteiger charge is -2.24. The Balaban J connectivity index is 0.00000132. The van der Waals surface area contributed by atoms with E-state index < -0.39 is 10.2 Å². The number of benzene rings is 1. The average molecular weight is 406 g/mol. The molecule has 0 saturated heterocycles. The smallest absolute Gasteiger partial charge is 0.276 e. The number of aryl methyl sites for hydroxylation is 1. The van der Waals surface area contributed by atoms with E-state index in [1.54, 1.807) is 18.2 Å². The molecule has 0 N–H and O–H groups in total. The standard InChI is InChI=1S/C18H24N2O6.C3H6/c1-3-4-5-8-14-11-16(25-19(21)22)18(17(12-14)26-20(23)24)15-9-6-7-13(2)10-15;1-3-2/h10-12,15H,3-9H2,1-2H3;3H,1H2,2H3. The summed E-state index contributed by atoms with van der Waals surface area (Å²) in [6.07, 6.45) is 9.88. The van der Waals surface area contributed by atoms with Crippen LogP contribution >= 0.6 is 0 Å². The predicted molar refractivity (Wildman–Crippen MR) is 111 cm³/mol. The van der Waals surface area contributed by atoms with E-state index in [-0.39, 0.29) is 17.4 Å². The summed E-state index contributed by atoms with van der Waals surface area (Å²) >= 11 is 0. The second-order valence-electron chi connectivity index (χ2n) is 7.01. The van der Waals surface area contributed by atoms with Crippen LogP contribution in [0, 0.1) is 20.2 Å². The summed E-state index contributed by atoms with van der Waals surface area (Å²) in [5.41, 5.74) is 2.25. The van der Waals surface area contributed by atoms with Gasteiger partial charge in [-0.1, -0.05) is 37.5 Å². The average Bonchev–Trinajstić information content (AvgIpc) is 2.61. The van der Waals surface area contributed by atoms with Crippen molar-refractivity contribution >= 4 is 0 Å². The van der Waals surface area contributed by atoms with E-state index >= 15 is 0 Å². The molecule has 0 aliphatic heterocycles. The highest BCUT2D eigenvalue weighted by Crippen LogP contribution is 2.42. The molecule has 0 fully saturated rings. The third-order valence-corrected chi connectivity index (χ3v) is 4.52. The highest BCUT2D eigenvalue weighted by Gasteiger charge is 2.25. The van der Waals surface area contributed by atoms with E-state index in [2.05, 4.69) is 13.5 Å². The van der Waals surface area contributed by atoms with Gasteiger partial charge in [0.1, 0.15) is 11.5 Å². The third kappa shape index (κ3) is 8.33. The van der Waals surface area contributed by atoms with Crippen molar-refractivity contribution in [3.8, 4) is 11.5 Å². The molecule has 0 saturated carbocycles. The Hall–Kier alpha value is -2.90. The molecule has 1 aliphatic carbocycles. The van der Waals surface area contributed by atoms with Crippen molar-refractivity contribution < 1.29 is 19.8 Å². The van der Waals surface area contributed by atoms with Gasteiger partial charge < -0.3 is 0 Å². The predicted octanol–water partition coefficient (Wildman–Crippen LogP) is 5.97. The normalized spacial score (nSPS) is 15.4. The number of rotatable bonds is 9. The summed E-state index contributed by atoms with van der Waals surface area (Å²) in [7, 11) is 0. The van der Waals surface area contributed by atoms with Crippen LogP contribution in [0.25, 0.3) is 0 Å². The highest BCUT2D eigenvalue weighted by molar-refractivity contribution is 5.51. The molecule has 2 rings (SSSR count). The number of hydrogen-bond acceptors (Lipinski definition) is 6. The van der Waals surface area contributed by atoms with Crippen LogP contribution in [0.2, 0.25) is 0 Å². The van der Waals surface area contributed by atoms with E-state index in [4.69, 9.17) is 9.68 Å². The second-order valence-corrected chi connectivity index (χ2v) is 7.01. The van der Waals surface area contributed by atoms with Gasteiger partial charge >= 0.3 is 0 Å². The molecule has 1 aromatic rings. The first-order valence-electron chi connectivity index (χ1n) is 9.88. The molecule has 8 heteroatoms. The van der Waals surface area contributed by atoms with Crippen LogP contribution in [0.4, 0.5) is 0 Å². The lowest BCUT2D eigenvalue weighted by molar-refractivity contribution is -0.713. The van der Waals surface area contributed by atoms with Crippen LogP contribution in [-0.2, 0) is 6.42 Å². The van der Waals surface area contributed by atoms with Crippen LogP contribution in [0.5, 0.6) is 11.5 Å². The minimum Gasteiger partial charge on any atom is -0.276 e. The summed E-state index contributed by atoms with van der Waals surface area (Å²) in [4.78, 5) is 31.5. The molecule has 0 amide bonds. The molecule has 1 unspecified atom stereocenters. The Bertz CT molecular complexity index is 708. The first-order chi connectivity index (χ1) is 13.8. The topological polar surface area (TPSA) is 105 Å². The van der Waals surface area contributed by atoms with Crippen molar-refractivity contribution in [2.75, 3.05) is 0 Å². The maximum Gasteiger partial charge on any atom is 0.299 e. The summed E-state index contributed by atoms with van der Waals surface area (Å²) in [6.45, 7) is 9.30. The zero-order valence-electron chi connectivity index (χ0n) is 17.4. The summed E-state index contributed by atoms with van der Waals surface area (Å²) in [5.74, 6) is -0.160. The fraction of sp³-hybridized carbons (Fsp3) is 0.524. The molecule has 0 heterocycles. The van der Waals surface area contributed by atoms with E-state index in [1.165, 1.54) is 0 Å². The molecule has 29 heavy (non-hydrogen) atoms. The van der Waals surface area contributed by atoms with Crippen molar-refractivity contribution in [1.29, 1.82) is 0 Å². The quantitative estimate of drug-likeness (QED) is 0.217. The van der Waals surface area contributed by atoms with E-state index in [0.29, 0.717) is 12.0 Å². The van der Waals surface area contributed by atoms with Crippen LogP contribution in [0.3, 0.4) is 0 Å². The van der Waals surface area contributed by atoms with Gasteiger partial charge in [-0.15, -0.1) is 26.8 Å². The summed E-state index contributed by atoms with van der Waals surface area (Å²) < 4.78 is 0. The Labute approximate surface area is 171 Å². The van der Waals surface area contributed by atoms with Gasteiger partial charge in [0.15, 0.2) is 0 Å². The largest absolute Gasteiger partial charge is 0.299 e. The zero-order chi connectivity index (χ0) is 21.8. The molecule has 160 valence electrons. The molecule has 0 bridgehead atoms. The number of allylic oxidation sites excluding steroid dienone is 3. The molecule has 1 aromatic carbocycles. The number of unbranched alkanes of at least 4 members (excludes halogenated alkanes) is 2. The fourth-order valence-electron chi connectivity index (χ4n) is 3.39. The molecular weight excluding hydrogens is 376 g/mol. The molecular formula is C21H30N2O6. The van der Waals surface area contributed by atoms with E-state index in [0.717, 1.165) is 49.7 Å². The molecule has 0 aromatic heterocycles. The van der Waals surface area contributed by atoms with Gasteiger partial charge in [-0.25, -0.2) is 0 Å². The van der Waals surface area contributed by atoms with Crippen molar-refractivity contribution in [2.24, 2.45) is 0 Å². The van der Waals surface area contributed by atoms with Gasteiger partial charge in [0.2, 0.25) is 0 Å². The van der Waals surface area contributed by atoms with Crippen LogP contribution in [-0.4, -0.2) is 10.2 Å². The molecule has 1 atom stereocenters.